The summed E-state index contributed by atoms with van der Waals surface area (Å²) in [5.74, 6) is 0.827. The molecule has 0 bridgehead atoms. The maximum Gasteiger partial charge on any atom is 0.254 e. The number of carbonyl (C=O) groups excluding carboxylic acids is 1. The van der Waals surface area contributed by atoms with Crippen LogP contribution in [0.15, 0.2) is 28.5 Å². The van der Waals surface area contributed by atoms with E-state index in [1.54, 1.807) is 17.4 Å². The first-order valence-corrected chi connectivity index (χ1v) is 10.1. The third kappa shape index (κ3) is 3.56. The van der Waals surface area contributed by atoms with Gasteiger partial charge in [0.25, 0.3) is 5.91 Å². The van der Waals surface area contributed by atoms with Crippen molar-refractivity contribution < 1.29 is 4.79 Å². The predicted molar refractivity (Wildman–Crippen MR) is 100 cm³/mol. The summed E-state index contributed by atoms with van der Waals surface area (Å²) in [5, 5.41) is 2.09. The van der Waals surface area contributed by atoms with Gasteiger partial charge in [0, 0.05) is 35.6 Å². The van der Waals surface area contributed by atoms with Gasteiger partial charge in [0.05, 0.1) is 5.56 Å². The molecule has 0 unspecified atom stereocenters. The van der Waals surface area contributed by atoms with Crippen molar-refractivity contribution >= 4 is 17.2 Å². The van der Waals surface area contributed by atoms with Crippen LogP contribution < -0.4 is 5.56 Å². The molecule has 5 heteroatoms. The van der Waals surface area contributed by atoms with Crippen molar-refractivity contribution in [3.8, 4) is 0 Å². The number of H-pyrrole nitrogens is 1. The second-order valence-electron chi connectivity index (χ2n) is 7.26. The van der Waals surface area contributed by atoms with Crippen molar-refractivity contribution in [3.05, 3.63) is 55.6 Å². The van der Waals surface area contributed by atoms with Crippen LogP contribution in [-0.2, 0) is 19.3 Å². The highest BCUT2D eigenvalue weighted by Gasteiger charge is 2.27. The Hall–Kier alpha value is -1.88. The van der Waals surface area contributed by atoms with Crippen LogP contribution in [-0.4, -0.2) is 28.9 Å². The summed E-state index contributed by atoms with van der Waals surface area (Å²) in [7, 11) is 0. The van der Waals surface area contributed by atoms with E-state index in [0.29, 0.717) is 5.92 Å². The van der Waals surface area contributed by atoms with E-state index in [-0.39, 0.29) is 11.5 Å². The molecule has 25 heavy (non-hydrogen) atoms. The SMILES string of the molecule is O=C(c1csc2c1CCCC2)N1CCC(Cc2ccc(=O)[nH]c2)CC1. The van der Waals surface area contributed by atoms with Gasteiger partial charge in [-0.05, 0) is 62.0 Å². The Morgan fingerprint density at radius 3 is 2.76 bits per heavy atom. The van der Waals surface area contributed by atoms with E-state index >= 15 is 0 Å². The molecule has 0 spiro atoms. The fourth-order valence-electron chi connectivity index (χ4n) is 4.09. The van der Waals surface area contributed by atoms with Gasteiger partial charge >= 0.3 is 0 Å². The van der Waals surface area contributed by atoms with Crippen molar-refractivity contribution in [2.75, 3.05) is 13.1 Å². The van der Waals surface area contributed by atoms with Gasteiger partial charge in [-0.1, -0.05) is 6.07 Å². The summed E-state index contributed by atoms with van der Waals surface area (Å²) >= 11 is 1.77. The summed E-state index contributed by atoms with van der Waals surface area (Å²) in [6.45, 7) is 1.69. The molecule has 1 saturated heterocycles. The summed E-state index contributed by atoms with van der Waals surface area (Å²) in [6.07, 6.45) is 9.57. The summed E-state index contributed by atoms with van der Waals surface area (Å²) in [6, 6.07) is 3.50. The molecule has 3 heterocycles. The smallest absolute Gasteiger partial charge is 0.254 e. The lowest BCUT2D eigenvalue weighted by Gasteiger charge is -2.32. The van der Waals surface area contributed by atoms with Gasteiger partial charge in [0.15, 0.2) is 0 Å². The second kappa shape index (κ2) is 7.16. The Bertz CT molecular complexity index is 795. The highest BCUT2D eigenvalue weighted by molar-refractivity contribution is 7.10. The molecule has 2 aliphatic rings. The van der Waals surface area contributed by atoms with Crippen LogP contribution in [0, 0.1) is 5.92 Å². The van der Waals surface area contributed by atoms with Crippen molar-refractivity contribution in [2.45, 2.75) is 44.9 Å². The molecule has 2 aromatic rings. The zero-order valence-corrected chi connectivity index (χ0v) is 15.2. The van der Waals surface area contributed by atoms with Crippen LogP contribution in [0.2, 0.25) is 0 Å². The minimum atomic E-state index is -0.0525. The molecule has 1 fully saturated rings. The van der Waals surface area contributed by atoms with E-state index in [1.807, 2.05) is 17.2 Å². The van der Waals surface area contributed by atoms with Gasteiger partial charge < -0.3 is 9.88 Å². The number of aryl methyl sites for hydroxylation is 1. The van der Waals surface area contributed by atoms with Crippen LogP contribution in [0.1, 0.15) is 52.0 Å². The molecule has 1 aliphatic heterocycles. The fraction of sp³-hybridized carbons (Fsp3) is 0.500. The molecule has 1 amide bonds. The molecule has 2 aromatic heterocycles. The number of piperidine rings is 1. The molecule has 0 radical (unpaired) electrons. The van der Waals surface area contributed by atoms with E-state index in [9.17, 15) is 9.59 Å². The number of fused-ring (bicyclic) bond motifs is 1. The number of aromatic nitrogens is 1. The number of pyridine rings is 1. The van der Waals surface area contributed by atoms with Gasteiger partial charge in [-0.15, -0.1) is 11.3 Å². The van der Waals surface area contributed by atoms with Gasteiger partial charge in [-0.2, -0.15) is 0 Å². The first-order chi connectivity index (χ1) is 12.2. The Balaban J connectivity index is 1.37. The topological polar surface area (TPSA) is 53.2 Å². The highest BCUT2D eigenvalue weighted by Crippen LogP contribution is 2.32. The lowest BCUT2D eigenvalue weighted by atomic mass is 9.90. The monoisotopic (exact) mass is 356 g/mol. The van der Waals surface area contributed by atoms with E-state index in [1.165, 1.54) is 28.8 Å². The van der Waals surface area contributed by atoms with Crippen LogP contribution in [0.4, 0.5) is 0 Å². The maximum atomic E-state index is 12.9. The van der Waals surface area contributed by atoms with Crippen LogP contribution >= 0.6 is 11.3 Å². The van der Waals surface area contributed by atoms with Crippen LogP contribution in [0.25, 0.3) is 0 Å². The Morgan fingerprint density at radius 1 is 1.20 bits per heavy atom. The first kappa shape index (κ1) is 16.6. The minimum absolute atomic E-state index is 0.0525. The van der Waals surface area contributed by atoms with Crippen molar-refractivity contribution in [1.29, 1.82) is 0 Å². The first-order valence-electron chi connectivity index (χ1n) is 9.27. The normalized spacial score (nSPS) is 18.2. The van der Waals surface area contributed by atoms with Crippen molar-refractivity contribution in [3.63, 3.8) is 0 Å². The van der Waals surface area contributed by atoms with Gasteiger partial charge in [0.2, 0.25) is 5.56 Å². The molecule has 0 saturated carbocycles. The third-order valence-electron chi connectivity index (χ3n) is 5.57. The largest absolute Gasteiger partial charge is 0.339 e. The Labute approximate surface area is 151 Å². The number of carbonyl (C=O) groups is 1. The summed E-state index contributed by atoms with van der Waals surface area (Å²) in [5.41, 5.74) is 3.43. The molecule has 0 aromatic carbocycles. The van der Waals surface area contributed by atoms with Crippen molar-refractivity contribution in [2.24, 2.45) is 5.92 Å². The molecule has 4 rings (SSSR count). The van der Waals surface area contributed by atoms with Gasteiger partial charge in [-0.25, -0.2) is 0 Å². The molecule has 1 N–H and O–H groups in total. The Morgan fingerprint density at radius 2 is 2.00 bits per heavy atom. The fourth-order valence-corrected chi connectivity index (χ4v) is 5.21. The average molecular weight is 356 g/mol. The molecule has 1 aliphatic carbocycles. The molecular weight excluding hydrogens is 332 g/mol. The number of thiophene rings is 1. The molecular formula is C20H24N2O2S. The number of rotatable bonds is 3. The second-order valence-corrected chi connectivity index (χ2v) is 8.22. The quantitative estimate of drug-likeness (QED) is 0.916. The summed E-state index contributed by atoms with van der Waals surface area (Å²) < 4.78 is 0. The number of nitrogens with one attached hydrogen (secondary N) is 1. The number of nitrogens with zero attached hydrogens (tertiary/aromatic N) is 1. The maximum absolute atomic E-state index is 12.9. The van der Waals surface area contributed by atoms with E-state index in [2.05, 4.69) is 10.4 Å². The standard InChI is InChI=1S/C20H24N2O2S/c23-19-6-5-15(12-21-19)11-14-7-9-22(10-8-14)20(24)17-13-25-18-4-2-1-3-16(17)18/h5-6,12-14H,1-4,7-11H2,(H,21,23). The third-order valence-corrected chi connectivity index (χ3v) is 6.66. The zero-order valence-electron chi connectivity index (χ0n) is 14.4. The zero-order chi connectivity index (χ0) is 17.2. The number of aromatic amines is 1. The average Bonchev–Trinajstić information content (AvgIpc) is 3.08. The lowest BCUT2D eigenvalue weighted by Crippen LogP contribution is -2.39. The highest BCUT2D eigenvalue weighted by atomic mass is 32.1. The van der Waals surface area contributed by atoms with E-state index < -0.39 is 0 Å². The molecule has 4 nitrogen and oxygen atoms in total. The molecule has 132 valence electrons. The van der Waals surface area contributed by atoms with Crippen LogP contribution in [0.5, 0.6) is 0 Å². The number of amides is 1. The molecule has 0 atom stereocenters. The van der Waals surface area contributed by atoms with Gasteiger partial charge in [-0.3, -0.25) is 9.59 Å². The lowest BCUT2D eigenvalue weighted by molar-refractivity contribution is 0.0690. The van der Waals surface area contributed by atoms with Gasteiger partial charge in [0.1, 0.15) is 0 Å². The van der Waals surface area contributed by atoms with E-state index in [4.69, 9.17) is 0 Å². The predicted octanol–water partition coefficient (Wildman–Crippen LogP) is 3.41. The number of likely N-dealkylation sites (tertiary alicyclic amines) is 1. The number of hydrogen-bond acceptors (Lipinski definition) is 3. The summed E-state index contributed by atoms with van der Waals surface area (Å²) in [4.78, 5) is 30.3. The van der Waals surface area contributed by atoms with Crippen LogP contribution in [0.3, 0.4) is 0 Å². The number of hydrogen-bond donors (Lipinski definition) is 1. The Kier molecular flexibility index (Phi) is 4.75. The van der Waals surface area contributed by atoms with Crippen molar-refractivity contribution in [1.82, 2.24) is 9.88 Å². The van der Waals surface area contributed by atoms with E-state index in [0.717, 1.165) is 50.8 Å². The minimum Gasteiger partial charge on any atom is -0.339 e.